The van der Waals surface area contributed by atoms with Crippen LogP contribution >= 0.6 is 11.8 Å². The van der Waals surface area contributed by atoms with Gasteiger partial charge in [0.15, 0.2) is 5.12 Å². The number of carboxylic acids is 1. The summed E-state index contributed by atoms with van der Waals surface area (Å²) in [6, 6.07) is 6.00. The number of rotatable bonds is 6. The topological polar surface area (TPSA) is 93.1 Å². The van der Waals surface area contributed by atoms with Gasteiger partial charge in [-0.3, -0.25) is 9.59 Å². The lowest BCUT2D eigenvalue weighted by Crippen LogP contribution is -2.41. The largest absolute Gasteiger partial charge is 0.497 e. The van der Waals surface area contributed by atoms with Gasteiger partial charge in [-0.15, -0.1) is 0 Å². The number of benzene rings is 1. The summed E-state index contributed by atoms with van der Waals surface area (Å²) in [5, 5.41) is 9.14. The number of ether oxygens (including phenoxy) is 2. The summed E-state index contributed by atoms with van der Waals surface area (Å²) in [7, 11) is 1.56. The molecule has 1 aliphatic heterocycles. The van der Waals surface area contributed by atoms with Crippen molar-refractivity contribution >= 4 is 28.8 Å². The number of nitrogens with zero attached hydrogens (tertiary/aromatic N) is 1. The lowest BCUT2D eigenvalue weighted by atomic mass is 10.2. The summed E-state index contributed by atoms with van der Waals surface area (Å²) < 4.78 is 10.8. The van der Waals surface area contributed by atoms with Gasteiger partial charge in [-0.25, -0.2) is 4.79 Å². The molecular weight excluding hydrogens is 334 g/mol. The zero-order valence-corrected chi connectivity index (χ0v) is 14.2. The molecular formula is C16H19NO6S. The molecule has 1 aliphatic rings. The molecule has 1 aromatic carbocycles. The van der Waals surface area contributed by atoms with Crippen LogP contribution in [0.25, 0.3) is 0 Å². The molecule has 1 N–H and O–H groups in total. The van der Waals surface area contributed by atoms with Crippen molar-refractivity contribution in [1.29, 1.82) is 0 Å². The third kappa shape index (κ3) is 4.64. The van der Waals surface area contributed by atoms with Gasteiger partial charge in [-0.2, -0.15) is 0 Å². The molecule has 0 aromatic heterocycles. The number of hydrogen-bond acceptors (Lipinski definition) is 6. The monoisotopic (exact) mass is 353 g/mol. The maximum Gasteiger partial charge on any atom is 0.326 e. The summed E-state index contributed by atoms with van der Waals surface area (Å²) in [6.07, 6.45) is -0.205. The summed E-state index contributed by atoms with van der Waals surface area (Å²) in [4.78, 5) is 35.8. The van der Waals surface area contributed by atoms with Crippen LogP contribution in [0.1, 0.15) is 13.3 Å². The first-order valence-electron chi connectivity index (χ1n) is 7.37. The van der Waals surface area contributed by atoms with Crippen molar-refractivity contribution in [3.8, 4) is 11.5 Å². The highest BCUT2D eigenvalue weighted by molar-refractivity contribution is 8.14. The molecule has 0 aliphatic carbocycles. The van der Waals surface area contributed by atoms with Crippen LogP contribution < -0.4 is 9.47 Å². The van der Waals surface area contributed by atoms with Crippen molar-refractivity contribution in [2.24, 2.45) is 0 Å². The van der Waals surface area contributed by atoms with E-state index in [0.717, 1.165) is 11.8 Å². The minimum absolute atomic E-state index is 0.0611. The summed E-state index contributed by atoms with van der Waals surface area (Å²) in [6.45, 7) is 1.55. The molecule has 1 saturated heterocycles. The minimum Gasteiger partial charge on any atom is -0.497 e. The molecule has 7 nitrogen and oxygen atoms in total. The standard InChI is InChI=1S/C16H19NO6S/c1-10(18)24-9-15(19)17-8-13(7-14(17)16(20)21)23-12-5-3-11(22-2)4-6-12/h3-6,13-14H,7-9H2,1-2H3,(H,20,21)/t13-,14-/m0/s1. The molecule has 1 amide bonds. The van der Waals surface area contributed by atoms with Gasteiger partial charge in [-0.1, -0.05) is 11.8 Å². The van der Waals surface area contributed by atoms with Gasteiger partial charge in [0.05, 0.1) is 19.4 Å². The van der Waals surface area contributed by atoms with Gasteiger partial charge in [0.2, 0.25) is 5.91 Å². The van der Waals surface area contributed by atoms with Crippen molar-refractivity contribution in [3.63, 3.8) is 0 Å². The Hall–Kier alpha value is -2.22. The molecule has 1 fully saturated rings. The number of carbonyl (C=O) groups excluding carboxylic acids is 2. The molecule has 0 radical (unpaired) electrons. The van der Waals surface area contributed by atoms with E-state index in [1.165, 1.54) is 11.8 Å². The average Bonchev–Trinajstić information content (AvgIpc) is 2.97. The minimum atomic E-state index is -1.07. The highest BCUT2D eigenvalue weighted by Crippen LogP contribution is 2.25. The molecule has 1 aromatic rings. The summed E-state index contributed by atoms with van der Waals surface area (Å²) in [5.74, 6) is -0.234. The Morgan fingerprint density at radius 1 is 1.25 bits per heavy atom. The number of hydrogen-bond donors (Lipinski definition) is 1. The predicted octanol–water partition coefficient (Wildman–Crippen LogP) is 1.41. The van der Waals surface area contributed by atoms with Crippen LogP contribution in [0.2, 0.25) is 0 Å². The van der Waals surface area contributed by atoms with E-state index < -0.39 is 18.1 Å². The molecule has 130 valence electrons. The first-order chi connectivity index (χ1) is 11.4. The van der Waals surface area contributed by atoms with Crippen LogP contribution in [0.4, 0.5) is 0 Å². The third-order valence-electron chi connectivity index (χ3n) is 3.63. The van der Waals surface area contributed by atoms with Gasteiger partial charge in [0, 0.05) is 13.3 Å². The van der Waals surface area contributed by atoms with E-state index in [1.807, 2.05) is 0 Å². The maximum absolute atomic E-state index is 12.2. The highest BCUT2D eigenvalue weighted by Gasteiger charge is 2.40. The lowest BCUT2D eigenvalue weighted by molar-refractivity contribution is -0.147. The molecule has 2 rings (SSSR count). The Morgan fingerprint density at radius 2 is 1.88 bits per heavy atom. The average molecular weight is 353 g/mol. The Labute approximate surface area is 143 Å². The second-order valence-electron chi connectivity index (χ2n) is 5.33. The van der Waals surface area contributed by atoms with Crippen LogP contribution in [0.15, 0.2) is 24.3 Å². The molecule has 0 saturated carbocycles. The predicted molar refractivity (Wildman–Crippen MR) is 88.3 cm³/mol. The molecule has 0 unspecified atom stereocenters. The second kappa shape index (κ2) is 8.05. The van der Waals surface area contributed by atoms with Gasteiger partial charge in [0.1, 0.15) is 23.6 Å². The first-order valence-corrected chi connectivity index (χ1v) is 8.35. The third-order valence-corrected chi connectivity index (χ3v) is 4.43. The van der Waals surface area contributed by atoms with Crippen LogP contribution in [-0.4, -0.2) is 58.6 Å². The first kappa shape index (κ1) is 18.1. The van der Waals surface area contributed by atoms with E-state index in [2.05, 4.69) is 0 Å². The highest BCUT2D eigenvalue weighted by atomic mass is 32.2. The van der Waals surface area contributed by atoms with Crippen molar-refractivity contribution in [1.82, 2.24) is 4.90 Å². The molecule has 2 atom stereocenters. The Morgan fingerprint density at radius 3 is 2.42 bits per heavy atom. The fourth-order valence-corrected chi connectivity index (χ4v) is 2.98. The van der Waals surface area contributed by atoms with Crippen LogP contribution in [0.3, 0.4) is 0 Å². The fourth-order valence-electron chi connectivity index (χ4n) is 2.49. The second-order valence-corrected chi connectivity index (χ2v) is 6.48. The quantitative estimate of drug-likeness (QED) is 0.826. The van der Waals surface area contributed by atoms with E-state index >= 15 is 0 Å². The molecule has 0 spiro atoms. The Bertz CT molecular complexity index is 617. The zero-order valence-electron chi connectivity index (χ0n) is 13.4. The van der Waals surface area contributed by atoms with Crippen molar-refractivity contribution in [2.45, 2.75) is 25.5 Å². The fraction of sp³-hybridized carbons (Fsp3) is 0.438. The molecule has 24 heavy (non-hydrogen) atoms. The van der Waals surface area contributed by atoms with Crippen molar-refractivity contribution in [2.75, 3.05) is 19.4 Å². The van der Waals surface area contributed by atoms with Gasteiger partial charge < -0.3 is 19.5 Å². The van der Waals surface area contributed by atoms with E-state index in [0.29, 0.717) is 11.5 Å². The van der Waals surface area contributed by atoms with E-state index in [4.69, 9.17) is 9.47 Å². The normalized spacial score (nSPS) is 19.8. The molecule has 8 heteroatoms. The Balaban J connectivity index is 2.01. The van der Waals surface area contributed by atoms with Gasteiger partial charge >= 0.3 is 5.97 Å². The number of aliphatic carboxylic acids is 1. The van der Waals surface area contributed by atoms with Gasteiger partial charge in [-0.05, 0) is 24.3 Å². The number of carboxylic acid groups (broad SMARTS) is 1. The number of amides is 1. The summed E-state index contributed by atoms with van der Waals surface area (Å²) >= 11 is 0.872. The number of likely N-dealkylation sites (tertiary alicyclic amines) is 1. The zero-order chi connectivity index (χ0) is 17.7. The van der Waals surface area contributed by atoms with E-state index in [-0.39, 0.29) is 29.7 Å². The molecule has 1 heterocycles. The van der Waals surface area contributed by atoms with Crippen molar-refractivity contribution in [3.05, 3.63) is 24.3 Å². The number of carbonyl (C=O) groups is 3. The smallest absolute Gasteiger partial charge is 0.326 e. The van der Waals surface area contributed by atoms with E-state index in [9.17, 15) is 19.5 Å². The van der Waals surface area contributed by atoms with Crippen LogP contribution in [-0.2, 0) is 14.4 Å². The van der Waals surface area contributed by atoms with E-state index in [1.54, 1.807) is 31.4 Å². The lowest BCUT2D eigenvalue weighted by Gasteiger charge is -2.20. The number of methoxy groups -OCH3 is 1. The van der Waals surface area contributed by atoms with Gasteiger partial charge in [0.25, 0.3) is 0 Å². The van der Waals surface area contributed by atoms with Crippen LogP contribution in [0, 0.1) is 0 Å². The van der Waals surface area contributed by atoms with Crippen LogP contribution in [0.5, 0.6) is 11.5 Å². The Kier molecular flexibility index (Phi) is 6.08. The van der Waals surface area contributed by atoms with Crippen molar-refractivity contribution < 1.29 is 29.0 Å². The summed E-state index contributed by atoms with van der Waals surface area (Å²) in [5.41, 5.74) is 0. The maximum atomic E-state index is 12.2. The SMILES string of the molecule is COc1ccc(O[C@H]2C[C@@H](C(=O)O)N(C(=O)CSC(C)=O)C2)cc1. The molecule has 0 bridgehead atoms. The number of thioether (sulfide) groups is 1.